The highest BCUT2D eigenvalue weighted by Crippen LogP contribution is 2.14. The Kier molecular flexibility index (Phi) is 3.15. The smallest absolute Gasteiger partial charge is 0.264 e. The third-order valence-corrected chi connectivity index (χ3v) is 2.26. The number of rotatable bonds is 2. The van der Waals surface area contributed by atoms with Crippen LogP contribution < -0.4 is 10.9 Å². The minimum atomic E-state index is -0.442. The van der Waals surface area contributed by atoms with Crippen LogP contribution in [0, 0.1) is 0 Å². The number of hydrogen-bond acceptors (Lipinski definition) is 4. The lowest BCUT2D eigenvalue weighted by molar-refractivity contribution is 0.102. The molecule has 0 fully saturated rings. The Morgan fingerprint density at radius 2 is 2.18 bits per heavy atom. The van der Waals surface area contributed by atoms with E-state index in [9.17, 15) is 9.59 Å². The van der Waals surface area contributed by atoms with Crippen LogP contribution in [0.3, 0.4) is 0 Å². The summed E-state index contributed by atoms with van der Waals surface area (Å²) in [6.07, 6.45) is 2.83. The van der Waals surface area contributed by atoms with E-state index in [4.69, 9.17) is 11.6 Å². The zero-order valence-corrected chi connectivity index (χ0v) is 9.23. The second kappa shape index (κ2) is 4.75. The molecule has 7 heteroatoms. The third kappa shape index (κ3) is 2.67. The molecule has 2 heterocycles. The van der Waals surface area contributed by atoms with E-state index in [1.807, 2.05) is 0 Å². The van der Waals surface area contributed by atoms with Gasteiger partial charge in [-0.05, 0) is 12.1 Å². The van der Waals surface area contributed by atoms with Crippen molar-refractivity contribution in [1.82, 2.24) is 15.2 Å². The maximum Gasteiger partial charge on any atom is 0.264 e. The number of nitrogens with one attached hydrogen (secondary N) is 2. The first-order valence-electron chi connectivity index (χ1n) is 4.63. The van der Waals surface area contributed by atoms with Gasteiger partial charge >= 0.3 is 0 Å². The van der Waals surface area contributed by atoms with Crippen molar-refractivity contribution < 1.29 is 4.79 Å². The Labute approximate surface area is 101 Å². The standard InChI is InChI=1S/C10H7ClN4O2/c11-7-3-4-12-5-6(7)10(17)13-8-1-2-9(16)15-14-8/h1-5H,(H,15,16)(H,13,14,17). The summed E-state index contributed by atoms with van der Waals surface area (Å²) >= 11 is 5.83. The van der Waals surface area contributed by atoms with E-state index in [0.717, 1.165) is 0 Å². The maximum absolute atomic E-state index is 11.8. The van der Waals surface area contributed by atoms with Gasteiger partial charge in [-0.2, -0.15) is 5.10 Å². The van der Waals surface area contributed by atoms with Crippen molar-refractivity contribution in [3.8, 4) is 0 Å². The fraction of sp³-hybridized carbons (Fsp3) is 0. The molecule has 0 aromatic carbocycles. The summed E-state index contributed by atoms with van der Waals surface area (Å²) in [5, 5.41) is 8.62. The molecule has 2 N–H and O–H groups in total. The monoisotopic (exact) mass is 250 g/mol. The molecule has 2 aromatic rings. The van der Waals surface area contributed by atoms with Gasteiger partial charge in [0.15, 0.2) is 5.82 Å². The first kappa shape index (κ1) is 11.3. The number of aromatic amines is 1. The van der Waals surface area contributed by atoms with Crippen LogP contribution in [0.25, 0.3) is 0 Å². The van der Waals surface area contributed by atoms with Crippen LogP contribution in [0.2, 0.25) is 5.02 Å². The molecular weight excluding hydrogens is 244 g/mol. The Bertz CT molecular complexity index is 591. The number of nitrogens with zero attached hydrogens (tertiary/aromatic N) is 2. The number of aromatic nitrogens is 3. The average Bonchev–Trinajstić information content (AvgIpc) is 2.32. The second-order valence-corrected chi connectivity index (χ2v) is 3.52. The predicted octanol–water partition coefficient (Wildman–Crippen LogP) is 1.07. The lowest BCUT2D eigenvalue weighted by atomic mass is 10.2. The first-order chi connectivity index (χ1) is 8.16. The number of hydrogen-bond donors (Lipinski definition) is 2. The summed E-state index contributed by atoms with van der Waals surface area (Å²) in [6.45, 7) is 0. The average molecular weight is 251 g/mol. The van der Waals surface area contributed by atoms with E-state index in [0.29, 0.717) is 5.02 Å². The summed E-state index contributed by atoms with van der Waals surface area (Å²) in [6, 6.07) is 4.16. The zero-order valence-electron chi connectivity index (χ0n) is 8.48. The van der Waals surface area contributed by atoms with Gasteiger partial charge in [-0.1, -0.05) is 11.6 Å². The summed E-state index contributed by atoms with van der Waals surface area (Å²) < 4.78 is 0. The molecule has 2 aromatic heterocycles. The highest BCUT2D eigenvalue weighted by Gasteiger charge is 2.10. The molecule has 0 radical (unpaired) electrons. The lowest BCUT2D eigenvalue weighted by Gasteiger charge is -2.04. The van der Waals surface area contributed by atoms with Gasteiger partial charge in [0.2, 0.25) is 0 Å². The SMILES string of the molecule is O=C(Nc1ccc(=O)[nH]n1)c1cnccc1Cl. The van der Waals surface area contributed by atoms with Gasteiger partial charge in [-0.3, -0.25) is 14.6 Å². The summed E-state index contributed by atoms with van der Waals surface area (Å²) in [4.78, 5) is 26.3. The highest BCUT2D eigenvalue weighted by atomic mass is 35.5. The van der Waals surface area contributed by atoms with Crippen LogP contribution >= 0.6 is 11.6 Å². The molecule has 0 aliphatic heterocycles. The summed E-state index contributed by atoms with van der Waals surface area (Å²) in [5.74, 6) is -0.211. The van der Waals surface area contributed by atoms with Crippen molar-refractivity contribution in [2.24, 2.45) is 0 Å². The van der Waals surface area contributed by atoms with Crippen molar-refractivity contribution >= 4 is 23.3 Å². The minimum absolute atomic E-state index is 0.231. The van der Waals surface area contributed by atoms with E-state index in [1.165, 1.54) is 30.6 Å². The molecule has 0 spiro atoms. The number of pyridine rings is 1. The van der Waals surface area contributed by atoms with Gasteiger partial charge in [0.25, 0.3) is 11.5 Å². The van der Waals surface area contributed by atoms with Gasteiger partial charge in [0, 0.05) is 18.5 Å². The molecule has 6 nitrogen and oxygen atoms in total. The number of carbonyl (C=O) groups is 1. The fourth-order valence-corrected chi connectivity index (χ4v) is 1.33. The fourth-order valence-electron chi connectivity index (χ4n) is 1.14. The normalized spacial score (nSPS) is 9.94. The molecule has 1 amide bonds. The number of anilines is 1. The Morgan fingerprint density at radius 3 is 2.82 bits per heavy atom. The van der Waals surface area contributed by atoms with Crippen LogP contribution in [0.4, 0.5) is 5.82 Å². The quantitative estimate of drug-likeness (QED) is 0.835. The third-order valence-electron chi connectivity index (χ3n) is 1.93. The van der Waals surface area contributed by atoms with Crippen LogP contribution in [0.5, 0.6) is 0 Å². The molecule has 2 rings (SSSR count). The number of halogens is 1. The molecule has 0 atom stereocenters. The van der Waals surface area contributed by atoms with E-state index < -0.39 is 5.91 Å². The molecule has 86 valence electrons. The lowest BCUT2D eigenvalue weighted by Crippen LogP contribution is -2.16. The van der Waals surface area contributed by atoms with Crippen molar-refractivity contribution in [3.05, 3.63) is 51.5 Å². The van der Waals surface area contributed by atoms with Gasteiger partial charge < -0.3 is 5.32 Å². The molecule has 0 saturated heterocycles. The van der Waals surface area contributed by atoms with E-state index >= 15 is 0 Å². The van der Waals surface area contributed by atoms with Gasteiger partial charge in [-0.15, -0.1) is 0 Å². The molecular formula is C10H7ClN4O2. The van der Waals surface area contributed by atoms with Crippen molar-refractivity contribution in [2.75, 3.05) is 5.32 Å². The number of H-pyrrole nitrogens is 1. The van der Waals surface area contributed by atoms with Gasteiger partial charge in [0.1, 0.15) is 0 Å². The van der Waals surface area contributed by atoms with Crippen LogP contribution in [0.1, 0.15) is 10.4 Å². The highest BCUT2D eigenvalue weighted by molar-refractivity contribution is 6.34. The first-order valence-corrected chi connectivity index (χ1v) is 5.01. The molecule has 17 heavy (non-hydrogen) atoms. The minimum Gasteiger partial charge on any atom is -0.305 e. The van der Waals surface area contributed by atoms with Crippen molar-refractivity contribution in [3.63, 3.8) is 0 Å². The van der Waals surface area contributed by atoms with Gasteiger partial charge in [0.05, 0.1) is 10.6 Å². The Morgan fingerprint density at radius 1 is 1.35 bits per heavy atom. The predicted molar refractivity (Wildman–Crippen MR) is 62.1 cm³/mol. The van der Waals surface area contributed by atoms with E-state index in [-0.39, 0.29) is 16.9 Å². The summed E-state index contributed by atoms with van der Waals surface area (Å²) in [5.41, 5.74) is -0.107. The number of amides is 1. The van der Waals surface area contributed by atoms with E-state index in [1.54, 1.807) is 0 Å². The Hall–Kier alpha value is -2.21. The molecule has 0 aliphatic carbocycles. The van der Waals surface area contributed by atoms with Gasteiger partial charge in [-0.25, -0.2) is 5.10 Å². The number of carbonyl (C=O) groups excluding carboxylic acids is 1. The topological polar surface area (TPSA) is 87.7 Å². The zero-order chi connectivity index (χ0) is 12.3. The molecule has 0 aliphatic rings. The summed E-state index contributed by atoms with van der Waals surface area (Å²) in [7, 11) is 0. The molecule has 0 saturated carbocycles. The van der Waals surface area contributed by atoms with Crippen molar-refractivity contribution in [2.45, 2.75) is 0 Å². The Balaban J connectivity index is 2.20. The van der Waals surface area contributed by atoms with Crippen LogP contribution in [-0.2, 0) is 0 Å². The van der Waals surface area contributed by atoms with Crippen LogP contribution in [-0.4, -0.2) is 21.1 Å². The largest absolute Gasteiger partial charge is 0.305 e. The maximum atomic E-state index is 11.8. The second-order valence-electron chi connectivity index (χ2n) is 3.12. The van der Waals surface area contributed by atoms with Crippen LogP contribution in [0.15, 0.2) is 35.4 Å². The van der Waals surface area contributed by atoms with E-state index in [2.05, 4.69) is 20.5 Å². The molecule has 0 unspecified atom stereocenters. The molecule has 0 bridgehead atoms. The van der Waals surface area contributed by atoms with Crippen molar-refractivity contribution in [1.29, 1.82) is 0 Å².